The summed E-state index contributed by atoms with van der Waals surface area (Å²) in [4.78, 5) is 21.3. The Bertz CT molecular complexity index is 199. The molecule has 0 bridgehead atoms. The average Bonchev–Trinajstić information content (AvgIpc) is 2.09. The molecule has 0 aromatic rings. The van der Waals surface area contributed by atoms with Crippen LogP contribution in [0.1, 0.15) is 20.3 Å². The second kappa shape index (κ2) is 7.99. The van der Waals surface area contributed by atoms with Crippen LogP contribution in [0, 0.1) is 0 Å². The lowest BCUT2D eigenvalue weighted by Crippen LogP contribution is -2.41. The Balaban J connectivity index is 3.74. The lowest BCUT2D eigenvalue weighted by Gasteiger charge is -2.11. The summed E-state index contributed by atoms with van der Waals surface area (Å²) in [5.74, 6) is 0.111. The number of aliphatic carboxylic acids is 1. The molecule has 0 aromatic heterocycles. The Kier molecular flexibility index (Phi) is 7.78. The summed E-state index contributed by atoms with van der Waals surface area (Å²) in [6.07, 6.45) is 1.07. The van der Waals surface area contributed by atoms with Crippen molar-refractivity contribution >= 4 is 33.5 Å². The van der Waals surface area contributed by atoms with E-state index in [-0.39, 0.29) is 5.91 Å². The number of carbonyl (C=O) groups excluding carboxylic acids is 1. The van der Waals surface area contributed by atoms with Gasteiger partial charge in [-0.25, -0.2) is 4.79 Å². The van der Waals surface area contributed by atoms with E-state index in [1.54, 1.807) is 10.8 Å². The Morgan fingerprint density at radius 3 is 2.50 bits per heavy atom. The fraction of sp³-hybridized carbons (Fsp3) is 0.750. The van der Waals surface area contributed by atoms with Gasteiger partial charge in [-0.2, -0.15) is 0 Å². The van der Waals surface area contributed by atoms with E-state index in [9.17, 15) is 9.59 Å². The molecule has 4 nitrogen and oxygen atoms in total. The lowest BCUT2D eigenvalue weighted by molar-refractivity contribution is -0.140. The highest BCUT2D eigenvalue weighted by Crippen LogP contribution is 2.22. The molecule has 6 heteroatoms. The Labute approximate surface area is 91.6 Å². The molecule has 0 aliphatic rings. The van der Waals surface area contributed by atoms with Crippen molar-refractivity contribution in [1.82, 2.24) is 5.32 Å². The van der Waals surface area contributed by atoms with Gasteiger partial charge in [0.15, 0.2) is 0 Å². The second-order valence-corrected chi connectivity index (χ2v) is 5.33. The predicted molar refractivity (Wildman–Crippen MR) is 60.4 cm³/mol. The van der Waals surface area contributed by atoms with Gasteiger partial charge in [0.2, 0.25) is 5.91 Å². The molecule has 0 saturated heterocycles. The van der Waals surface area contributed by atoms with Crippen LogP contribution in [0.5, 0.6) is 0 Å². The Hall–Kier alpha value is -0.360. The minimum atomic E-state index is -0.982. The minimum Gasteiger partial charge on any atom is -0.480 e. The molecular formula is C8H15NO3S2. The standard InChI is InChI=1S/C8H15NO3S2/c1-3-4-13-14-5-7(8(11)12)9-6(2)10/h7H,3-5H2,1-2H3,(H,9,10)(H,11,12)/t7-/m0/s1. The van der Waals surface area contributed by atoms with Crippen molar-refractivity contribution < 1.29 is 14.7 Å². The van der Waals surface area contributed by atoms with Gasteiger partial charge in [0.1, 0.15) is 6.04 Å². The maximum atomic E-state index is 10.7. The zero-order chi connectivity index (χ0) is 11.0. The molecular weight excluding hydrogens is 222 g/mol. The van der Waals surface area contributed by atoms with Crippen molar-refractivity contribution in [1.29, 1.82) is 0 Å². The molecule has 0 aliphatic carbocycles. The van der Waals surface area contributed by atoms with Crippen molar-refractivity contribution in [2.24, 2.45) is 0 Å². The molecule has 0 unspecified atom stereocenters. The van der Waals surface area contributed by atoms with Gasteiger partial charge in [0.25, 0.3) is 0 Å². The maximum absolute atomic E-state index is 10.7. The molecule has 1 amide bonds. The molecule has 0 aliphatic heterocycles. The summed E-state index contributed by atoms with van der Waals surface area (Å²) >= 11 is 0. The highest BCUT2D eigenvalue weighted by molar-refractivity contribution is 8.76. The van der Waals surface area contributed by atoms with Crippen LogP contribution in [0.4, 0.5) is 0 Å². The van der Waals surface area contributed by atoms with Gasteiger partial charge in [0, 0.05) is 18.4 Å². The van der Waals surface area contributed by atoms with Gasteiger partial charge in [-0.3, -0.25) is 4.79 Å². The number of nitrogens with one attached hydrogen (secondary N) is 1. The molecule has 0 fully saturated rings. The van der Waals surface area contributed by atoms with Crippen molar-refractivity contribution in [3.8, 4) is 0 Å². The highest BCUT2D eigenvalue weighted by atomic mass is 33.1. The van der Waals surface area contributed by atoms with Crippen molar-refractivity contribution in [2.75, 3.05) is 11.5 Å². The molecule has 82 valence electrons. The fourth-order valence-electron chi connectivity index (χ4n) is 0.678. The molecule has 1 atom stereocenters. The summed E-state index contributed by atoms with van der Waals surface area (Å²) in [7, 11) is 3.11. The van der Waals surface area contributed by atoms with Gasteiger partial charge in [0.05, 0.1) is 0 Å². The van der Waals surface area contributed by atoms with Gasteiger partial charge in [-0.1, -0.05) is 28.5 Å². The molecule has 14 heavy (non-hydrogen) atoms. The summed E-state index contributed by atoms with van der Waals surface area (Å²) in [5, 5.41) is 11.1. The number of carbonyl (C=O) groups is 2. The number of rotatable bonds is 7. The lowest BCUT2D eigenvalue weighted by atomic mass is 10.3. The smallest absolute Gasteiger partial charge is 0.327 e. The van der Waals surface area contributed by atoms with Gasteiger partial charge >= 0.3 is 5.97 Å². The molecule has 0 radical (unpaired) electrons. The third kappa shape index (κ3) is 7.08. The van der Waals surface area contributed by atoms with Crippen LogP contribution in [0.15, 0.2) is 0 Å². The zero-order valence-corrected chi connectivity index (χ0v) is 9.91. The molecule has 0 heterocycles. The molecule has 0 aromatic carbocycles. The number of carboxylic acid groups (broad SMARTS) is 1. The first kappa shape index (κ1) is 13.6. The van der Waals surface area contributed by atoms with Crippen LogP contribution < -0.4 is 5.32 Å². The van der Waals surface area contributed by atoms with E-state index in [0.29, 0.717) is 5.75 Å². The van der Waals surface area contributed by atoms with Gasteiger partial charge < -0.3 is 10.4 Å². The van der Waals surface area contributed by atoms with E-state index in [2.05, 4.69) is 12.2 Å². The quantitative estimate of drug-likeness (QED) is 0.517. The van der Waals surface area contributed by atoms with Crippen LogP contribution >= 0.6 is 21.6 Å². The highest BCUT2D eigenvalue weighted by Gasteiger charge is 2.17. The molecule has 0 spiro atoms. The summed E-state index contributed by atoms with van der Waals surface area (Å²) in [5.41, 5.74) is 0. The molecule has 2 N–H and O–H groups in total. The summed E-state index contributed by atoms with van der Waals surface area (Å²) in [6, 6.07) is -0.776. The number of hydrogen-bond donors (Lipinski definition) is 2. The summed E-state index contributed by atoms with van der Waals surface area (Å²) < 4.78 is 0. The summed E-state index contributed by atoms with van der Waals surface area (Å²) in [6.45, 7) is 3.38. The SMILES string of the molecule is CCCSSC[C@H](NC(C)=O)C(=O)O. The van der Waals surface area contributed by atoms with Crippen LogP contribution in [-0.4, -0.2) is 34.5 Å². The van der Waals surface area contributed by atoms with Crippen molar-refractivity contribution in [3.05, 3.63) is 0 Å². The zero-order valence-electron chi connectivity index (χ0n) is 8.28. The molecule has 0 saturated carbocycles. The largest absolute Gasteiger partial charge is 0.480 e. The third-order valence-electron chi connectivity index (χ3n) is 1.28. The number of amides is 1. The first-order chi connectivity index (χ1) is 6.57. The normalized spacial score (nSPS) is 12.1. The first-order valence-corrected chi connectivity index (χ1v) is 6.81. The molecule has 0 rings (SSSR count). The van der Waals surface area contributed by atoms with Crippen LogP contribution in [0.3, 0.4) is 0 Å². The van der Waals surface area contributed by atoms with Gasteiger partial charge in [-0.15, -0.1) is 0 Å². The monoisotopic (exact) mass is 237 g/mol. The third-order valence-corrected chi connectivity index (χ3v) is 3.90. The van der Waals surface area contributed by atoms with Gasteiger partial charge in [-0.05, 0) is 6.42 Å². The Morgan fingerprint density at radius 2 is 2.07 bits per heavy atom. The van der Waals surface area contributed by atoms with Crippen molar-refractivity contribution in [3.63, 3.8) is 0 Å². The first-order valence-electron chi connectivity index (χ1n) is 4.32. The number of hydrogen-bond acceptors (Lipinski definition) is 4. The predicted octanol–water partition coefficient (Wildman–Crippen LogP) is 1.37. The number of carboxylic acids is 1. The van der Waals surface area contributed by atoms with E-state index >= 15 is 0 Å². The van der Waals surface area contributed by atoms with Crippen LogP contribution in [0.2, 0.25) is 0 Å². The van der Waals surface area contributed by atoms with E-state index in [1.165, 1.54) is 17.7 Å². The topological polar surface area (TPSA) is 66.4 Å². The van der Waals surface area contributed by atoms with Crippen LogP contribution in [-0.2, 0) is 9.59 Å². The van der Waals surface area contributed by atoms with E-state index in [1.807, 2.05) is 0 Å². The Morgan fingerprint density at radius 1 is 1.43 bits per heavy atom. The van der Waals surface area contributed by atoms with E-state index in [4.69, 9.17) is 5.11 Å². The maximum Gasteiger partial charge on any atom is 0.327 e. The minimum absolute atomic E-state index is 0.307. The van der Waals surface area contributed by atoms with E-state index < -0.39 is 12.0 Å². The van der Waals surface area contributed by atoms with E-state index in [0.717, 1.165) is 12.2 Å². The average molecular weight is 237 g/mol. The second-order valence-electron chi connectivity index (χ2n) is 2.70. The fourth-order valence-corrected chi connectivity index (χ4v) is 2.97. The van der Waals surface area contributed by atoms with Crippen LogP contribution in [0.25, 0.3) is 0 Å². The van der Waals surface area contributed by atoms with Crippen molar-refractivity contribution in [2.45, 2.75) is 26.3 Å².